The Labute approximate surface area is 107 Å². The molecule has 0 amide bonds. The first-order valence-corrected chi connectivity index (χ1v) is 5.67. The van der Waals surface area contributed by atoms with Crippen LogP contribution in [0.2, 0.25) is 0 Å². The highest BCUT2D eigenvalue weighted by molar-refractivity contribution is 9.10. The molecule has 0 saturated carbocycles. The van der Waals surface area contributed by atoms with E-state index >= 15 is 0 Å². The first-order valence-electron chi connectivity index (χ1n) is 4.88. The molecule has 0 saturated heterocycles. The van der Waals surface area contributed by atoms with Crippen LogP contribution in [-0.4, -0.2) is 17.1 Å². The zero-order valence-corrected chi connectivity index (χ0v) is 10.7. The summed E-state index contributed by atoms with van der Waals surface area (Å²) >= 11 is 3.37. The van der Waals surface area contributed by atoms with Gasteiger partial charge in [-0.2, -0.15) is 4.98 Å². The summed E-state index contributed by atoms with van der Waals surface area (Å²) in [6, 6.07) is 7.68. The molecule has 88 valence electrons. The van der Waals surface area contributed by atoms with Crippen molar-refractivity contribution in [2.24, 2.45) is 0 Å². The lowest BCUT2D eigenvalue weighted by Crippen LogP contribution is -2.03. The molecule has 0 aliphatic carbocycles. The van der Waals surface area contributed by atoms with Gasteiger partial charge in [-0.15, -0.1) is 0 Å². The second-order valence-corrected chi connectivity index (χ2v) is 4.19. The Bertz CT molecular complexity index is 515. The smallest absolute Gasteiger partial charge is 0.242 e. The number of nitrogen functional groups attached to an aromatic ring is 1. The number of nitrogens with zero attached hydrogens (tertiary/aromatic N) is 2. The van der Waals surface area contributed by atoms with Crippen LogP contribution >= 0.6 is 15.9 Å². The Balaban J connectivity index is 2.27. The predicted molar refractivity (Wildman–Crippen MR) is 70.4 cm³/mol. The first kappa shape index (κ1) is 11.7. The molecule has 0 fully saturated rings. The SMILES string of the molecule is COc1ncnc(Nc2ccc(Br)cc2)c1N. The molecule has 0 aliphatic heterocycles. The summed E-state index contributed by atoms with van der Waals surface area (Å²) in [4.78, 5) is 7.97. The fraction of sp³-hybridized carbons (Fsp3) is 0.0909. The molecular formula is C11H11BrN4O. The third-order valence-corrected chi connectivity index (χ3v) is 2.68. The number of nitrogens with two attached hydrogens (primary N) is 1. The molecule has 6 heteroatoms. The van der Waals surface area contributed by atoms with Gasteiger partial charge in [0.25, 0.3) is 0 Å². The maximum absolute atomic E-state index is 5.85. The highest BCUT2D eigenvalue weighted by Crippen LogP contribution is 2.27. The standard InChI is InChI=1S/C11H11BrN4O/c1-17-11-9(13)10(14-6-15-11)16-8-4-2-7(12)3-5-8/h2-6H,13H2,1H3,(H,14,15,16). The maximum atomic E-state index is 5.85. The van der Waals surface area contributed by atoms with Crippen molar-refractivity contribution in [2.45, 2.75) is 0 Å². The highest BCUT2D eigenvalue weighted by atomic mass is 79.9. The number of anilines is 3. The quantitative estimate of drug-likeness (QED) is 0.910. The van der Waals surface area contributed by atoms with Crippen LogP contribution in [0, 0.1) is 0 Å². The van der Waals surface area contributed by atoms with Crippen LogP contribution in [0.15, 0.2) is 35.1 Å². The summed E-state index contributed by atoms with van der Waals surface area (Å²) in [5.41, 5.74) is 7.13. The zero-order valence-electron chi connectivity index (χ0n) is 9.14. The largest absolute Gasteiger partial charge is 0.479 e. The molecule has 0 unspecified atom stereocenters. The minimum Gasteiger partial charge on any atom is -0.479 e. The number of aromatic nitrogens is 2. The summed E-state index contributed by atoms with van der Waals surface area (Å²) in [5, 5.41) is 3.10. The topological polar surface area (TPSA) is 73.1 Å². The molecule has 0 bridgehead atoms. The van der Waals surface area contributed by atoms with E-state index < -0.39 is 0 Å². The van der Waals surface area contributed by atoms with Crippen LogP contribution in [-0.2, 0) is 0 Å². The highest BCUT2D eigenvalue weighted by Gasteiger charge is 2.07. The van der Waals surface area contributed by atoms with Gasteiger partial charge in [-0.25, -0.2) is 4.98 Å². The average Bonchev–Trinajstić information content (AvgIpc) is 2.35. The van der Waals surface area contributed by atoms with E-state index in [1.54, 1.807) is 0 Å². The summed E-state index contributed by atoms with van der Waals surface area (Å²) in [6.07, 6.45) is 1.40. The molecule has 0 radical (unpaired) electrons. The van der Waals surface area contributed by atoms with Crippen LogP contribution in [0.5, 0.6) is 5.88 Å². The summed E-state index contributed by atoms with van der Waals surface area (Å²) in [5.74, 6) is 0.888. The Morgan fingerprint density at radius 2 is 1.94 bits per heavy atom. The molecule has 0 spiro atoms. The second-order valence-electron chi connectivity index (χ2n) is 3.28. The third kappa shape index (κ3) is 2.65. The van der Waals surface area contributed by atoms with Crippen LogP contribution < -0.4 is 15.8 Å². The van der Waals surface area contributed by atoms with Gasteiger partial charge in [0.2, 0.25) is 5.88 Å². The number of methoxy groups -OCH3 is 1. The normalized spacial score (nSPS) is 10.0. The summed E-state index contributed by atoms with van der Waals surface area (Å²) in [7, 11) is 1.52. The van der Waals surface area contributed by atoms with Crippen molar-refractivity contribution in [1.82, 2.24) is 9.97 Å². The fourth-order valence-corrected chi connectivity index (χ4v) is 1.58. The summed E-state index contributed by atoms with van der Waals surface area (Å²) < 4.78 is 6.03. The van der Waals surface area contributed by atoms with Gasteiger partial charge in [0.15, 0.2) is 5.82 Å². The molecule has 2 rings (SSSR count). The lowest BCUT2D eigenvalue weighted by atomic mass is 10.3. The van der Waals surface area contributed by atoms with Gasteiger partial charge in [-0.05, 0) is 24.3 Å². The molecule has 1 aromatic carbocycles. The summed E-state index contributed by atoms with van der Waals surface area (Å²) in [6.45, 7) is 0. The van der Waals surface area contributed by atoms with Crippen LogP contribution in [0.4, 0.5) is 17.2 Å². The maximum Gasteiger partial charge on any atom is 0.242 e. The average molecular weight is 295 g/mol. The van der Waals surface area contributed by atoms with Gasteiger partial charge < -0.3 is 15.8 Å². The van der Waals surface area contributed by atoms with E-state index in [1.165, 1.54) is 13.4 Å². The number of nitrogens with one attached hydrogen (secondary N) is 1. The van der Waals surface area contributed by atoms with Gasteiger partial charge >= 0.3 is 0 Å². The van der Waals surface area contributed by atoms with E-state index in [-0.39, 0.29) is 0 Å². The second kappa shape index (κ2) is 5.01. The molecular weight excluding hydrogens is 284 g/mol. The lowest BCUT2D eigenvalue weighted by molar-refractivity contribution is 0.399. The molecule has 1 aromatic heterocycles. The van der Waals surface area contributed by atoms with E-state index in [0.29, 0.717) is 17.4 Å². The Morgan fingerprint density at radius 3 is 2.59 bits per heavy atom. The third-order valence-electron chi connectivity index (χ3n) is 2.15. The van der Waals surface area contributed by atoms with Gasteiger partial charge in [-0.3, -0.25) is 0 Å². The number of hydrogen-bond acceptors (Lipinski definition) is 5. The monoisotopic (exact) mass is 294 g/mol. The molecule has 17 heavy (non-hydrogen) atoms. The van der Waals surface area contributed by atoms with Crippen molar-refractivity contribution in [3.05, 3.63) is 35.1 Å². The van der Waals surface area contributed by atoms with Crippen LogP contribution in [0.1, 0.15) is 0 Å². The fourth-order valence-electron chi connectivity index (χ4n) is 1.31. The minimum absolute atomic E-state index is 0.361. The molecule has 5 nitrogen and oxygen atoms in total. The van der Waals surface area contributed by atoms with Crippen molar-refractivity contribution in [3.63, 3.8) is 0 Å². The van der Waals surface area contributed by atoms with Gasteiger partial charge in [0.1, 0.15) is 12.0 Å². The van der Waals surface area contributed by atoms with E-state index in [2.05, 4.69) is 31.2 Å². The number of halogens is 1. The molecule has 1 heterocycles. The van der Waals surface area contributed by atoms with Gasteiger partial charge in [-0.1, -0.05) is 15.9 Å². The molecule has 0 aliphatic rings. The Hall–Kier alpha value is -1.82. The van der Waals surface area contributed by atoms with Crippen LogP contribution in [0.25, 0.3) is 0 Å². The Morgan fingerprint density at radius 1 is 1.24 bits per heavy atom. The van der Waals surface area contributed by atoms with Crippen molar-refractivity contribution in [3.8, 4) is 5.88 Å². The van der Waals surface area contributed by atoms with Gasteiger partial charge in [0.05, 0.1) is 7.11 Å². The number of benzene rings is 1. The minimum atomic E-state index is 0.361. The Kier molecular flexibility index (Phi) is 3.43. The van der Waals surface area contributed by atoms with E-state index in [0.717, 1.165) is 10.2 Å². The first-order chi connectivity index (χ1) is 8.20. The molecule has 2 aromatic rings. The van der Waals surface area contributed by atoms with E-state index in [9.17, 15) is 0 Å². The number of rotatable bonds is 3. The van der Waals surface area contributed by atoms with Crippen molar-refractivity contribution < 1.29 is 4.74 Å². The lowest BCUT2D eigenvalue weighted by Gasteiger charge is -2.09. The van der Waals surface area contributed by atoms with E-state index in [4.69, 9.17) is 10.5 Å². The molecule has 0 atom stereocenters. The molecule has 3 N–H and O–H groups in total. The number of ether oxygens (including phenoxy) is 1. The van der Waals surface area contributed by atoms with Gasteiger partial charge in [0, 0.05) is 10.2 Å². The zero-order chi connectivity index (χ0) is 12.3. The van der Waals surface area contributed by atoms with E-state index in [1.807, 2.05) is 24.3 Å². The number of hydrogen-bond donors (Lipinski definition) is 2. The van der Waals surface area contributed by atoms with Crippen molar-refractivity contribution in [1.29, 1.82) is 0 Å². The van der Waals surface area contributed by atoms with Crippen molar-refractivity contribution in [2.75, 3.05) is 18.2 Å². The van der Waals surface area contributed by atoms with Crippen molar-refractivity contribution >= 4 is 33.1 Å². The predicted octanol–water partition coefficient (Wildman–Crippen LogP) is 2.57. The van der Waals surface area contributed by atoms with Crippen LogP contribution in [0.3, 0.4) is 0 Å².